The van der Waals surface area contributed by atoms with E-state index in [1.54, 1.807) is 16.9 Å². The Hall–Kier alpha value is -3.49. The van der Waals surface area contributed by atoms with Crippen LogP contribution in [-0.4, -0.2) is 32.7 Å². The molecule has 2 atom stereocenters. The lowest BCUT2D eigenvalue weighted by molar-refractivity contribution is -0.384. The zero-order valence-electron chi connectivity index (χ0n) is 15.9. The molecule has 0 saturated carbocycles. The fourth-order valence-electron chi connectivity index (χ4n) is 2.30. The van der Waals surface area contributed by atoms with Crippen molar-refractivity contribution in [3.63, 3.8) is 0 Å². The molecule has 0 unspecified atom stereocenters. The number of benzene rings is 1. The number of nitrogens with one attached hydrogen (secondary N) is 1. The molecule has 2 rings (SSSR count). The number of hydrogen-bond donors (Lipinski definition) is 1. The Morgan fingerprint density at radius 2 is 1.96 bits per heavy atom. The summed E-state index contributed by atoms with van der Waals surface area (Å²) in [6.45, 7) is 5.46. The van der Waals surface area contributed by atoms with Crippen molar-refractivity contribution in [3.05, 3.63) is 58.3 Å². The minimum absolute atomic E-state index is 0.0401. The highest BCUT2D eigenvalue weighted by molar-refractivity contribution is 5.96. The van der Waals surface area contributed by atoms with Gasteiger partial charge in [0.05, 0.1) is 17.2 Å². The predicted octanol–water partition coefficient (Wildman–Crippen LogP) is 3.35. The molecule has 1 heterocycles. The molecule has 1 aromatic heterocycles. The summed E-state index contributed by atoms with van der Waals surface area (Å²) >= 11 is 0. The van der Waals surface area contributed by atoms with Crippen LogP contribution < -0.4 is 5.32 Å². The van der Waals surface area contributed by atoms with Gasteiger partial charge in [-0.15, -0.1) is 0 Å². The summed E-state index contributed by atoms with van der Waals surface area (Å²) in [5, 5.41) is 17.5. The summed E-state index contributed by atoms with van der Waals surface area (Å²) < 4.78 is 6.79. The molecule has 0 bridgehead atoms. The molecule has 28 heavy (non-hydrogen) atoms. The van der Waals surface area contributed by atoms with Crippen LogP contribution in [0.4, 0.5) is 11.5 Å². The maximum Gasteiger partial charge on any atom is 0.331 e. The Balaban J connectivity index is 1.91. The van der Waals surface area contributed by atoms with Crippen molar-refractivity contribution in [1.29, 1.82) is 0 Å². The molecular formula is C19H22N4O5. The summed E-state index contributed by atoms with van der Waals surface area (Å²) in [6.07, 6.45) is 4.05. The van der Waals surface area contributed by atoms with Crippen LogP contribution >= 0.6 is 0 Å². The van der Waals surface area contributed by atoms with Crippen LogP contribution in [0.1, 0.15) is 38.8 Å². The maximum absolute atomic E-state index is 12.3. The molecule has 0 spiro atoms. The van der Waals surface area contributed by atoms with Crippen LogP contribution in [0.5, 0.6) is 0 Å². The SMILES string of the molecule is CC[C@H](C)n1nccc1NC(=O)[C@H](C)OC(=O)/C=C/c1ccc([N+](=O)[O-])cc1. The van der Waals surface area contributed by atoms with E-state index in [1.807, 2.05) is 13.8 Å². The quantitative estimate of drug-likeness (QED) is 0.322. The van der Waals surface area contributed by atoms with Gasteiger partial charge >= 0.3 is 5.97 Å². The third-order valence-corrected chi connectivity index (χ3v) is 4.11. The Labute approximate surface area is 162 Å². The lowest BCUT2D eigenvalue weighted by Gasteiger charge is -2.16. The van der Waals surface area contributed by atoms with E-state index in [4.69, 9.17) is 4.74 Å². The first-order chi connectivity index (χ1) is 13.3. The summed E-state index contributed by atoms with van der Waals surface area (Å²) in [5.41, 5.74) is 0.554. The molecule has 1 N–H and O–H groups in total. The maximum atomic E-state index is 12.3. The fraction of sp³-hybridized carbons (Fsp3) is 0.316. The average molecular weight is 386 g/mol. The van der Waals surface area contributed by atoms with Crippen molar-refractivity contribution in [3.8, 4) is 0 Å². The van der Waals surface area contributed by atoms with Crippen LogP contribution in [0.15, 0.2) is 42.6 Å². The number of esters is 1. The number of nitro benzene ring substituents is 1. The molecule has 0 saturated heterocycles. The van der Waals surface area contributed by atoms with Crippen molar-refractivity contribution >= 4 is 29.5 Å². The third kappa shape index (κ3) is 5.50. The number of ether oxygens (including phenoxy) is 1. The smallest absolute Gasteiger partial charge is 0.331 e. The van der Waals surface area contributed by atoms with Crippen molar-refractivity contribution in [1.82, 2.24) is 9.78 Å². The molecule has 0 radical (unpaired) electrons. The van der Waals surface area contributed by atoms with Gasteiger partial charge in [0.15, 0.2) is 6.10 Å². The number of amides is 1. The van der Waals surface area contributed by atoms with Gasteiger partial charge in [0, 0.05) is 24.3 Å². The van der Waals surface area contributed by atoms with Gasteiger partial charge in [-0.2, -0.15) is 5.10 Å². The van der Waals surface area contributed by atoms with Gasteiger partial charge in [-0.05, 0) is 44.0 Å². The van der Waals surface area contributed by atoms with Crippen LogP contribution in [0.25, 0.3) is 6.08 Å². The highest BCUT2D eigenvalue weighted by Gasteiger charge is 2.19. The Morgan fingerprint density at radius 1 is 1.29 bits per heavy atom. The first-order valence-electron chi connectivity index (χ1n) is 8.79. The number of anilines is 1. The summed E-state index contributed by atoms with van der Waals surface area (Å²) in [6, 6.07) is 7.48. The predicted molar refractivity (Wildman–Crippen MR) is 104 cm³/mol. The number of non-ortho nitro benzene ring substituents is 1. The van der Waals surface area contributed by atoms with E-state index in [0.29, 0.717) is 11.4 Å². The van der Waals surface area contributed by atoms with Gasteiger partial charge in [-0.3, -0.25) is 14.9 Å². The van der Waals surface area contributed by atoms with Gasteiger partial charge in [0.1, 0.15) is 5.82 Å². The first kappa shape index (κ1) is 20.8. The number of carbonyl (C=O) groups excluding carboxylic acids is 2. The number of nitrogens with zero attached hydrogens (tertiary/aromatic N) is 3. The van der Waals surface area contributed by atoms with Gasteiger partial charge in [-0.1, -0.05) is 6.92 Å². The van der Waals surface area contributed by atoms with E-state index in [2.05, 4.69) is 10.4 Å². The first-order valence-corrected chi connectivity index (χ1v) is 8.79. The number of aromatic nitrogens is 2. The third-order valence-electron chi connectivity index (χ3n) is 4.11. The van der Waals surface area contributed by atoms with E-state index in [-0.39, 0.29) is 11.7 Å². The molecule has 9 nitrogen and oxygen atoms in total. The minimum atomic E-state index is -1.01. The fourth-order valence-corrected chi connectivity index (χ4v) is 2.30. The Bertz CT molecular complexity index is 873. The van der Waals surface area contributed by atoms with E-state index in [9.17, 15) is 19.7 Å². The highest BCUT2D eigenvalue weighted by Crippen LogP contribution is 2.17. The highest BCUT2D eigenvalue weighted by atomic mass is 16.6. The topological polar surface area (TPSA) is 116 Å². The molecule has 9 heteroatoms. The van der Waals surface area contributed by atoms with Crippen LogP contribution in [0.2, 0.25) is 0 Å². The Morgan fingerprint density at radius 3 is 2.57 bits per heavy atom. The van der Waals surface area contributed by atoms with E-state index in [0.717, 1.165) is 12.5 Å². The second-order valence-electron chi connectivity index (χ2n) is 6.17. The zero-order valence-corrected chi connectivity index (χ0v) is 15.9. The number of rotatable bonds is 8. The van der Waals surface area contributed by atoms with Crippen molar-refractivity contribution in [2.24, 2.45) is 0 Å². The van der Waals surface area contributed by atoms with E-state index in [1.165, 1.54) is 37.3 Å². The average Bonchev–Trinajstić information content (AvgIpc) is 3.14. The van der Waals surface area contributed by atoms with Gasteiger partial charge in [-0.25, -0.2) is 9.48 Å². The largest absolute Gasteiger partial charge is 0.449 e. The van der Waals surface area contributed by atoms with Crippen LogP contribution in [-0.2, 0) is 14.3 Å². The lowest BCUT2D eigenvalue weighted by Crippen LogP contribution is -2.30. The molecule has 1 aromatic carbocycles. The molecule has 1 amide bonds. The Kier molecular flexibility index (Phi) is 7.02. The molecular weight excluding hydrogens is 364 g/mol. The number of carbonyl (C=O) groups is 2. The van der Waals surface area contributed by atoms with Crippen LogP contribution in [0, 0.1) is 10.1 Å². The molecule has 0 aliphatic heterocycles. The molecule has 2 aromatic rings. The normalized spacial score (nSPS) is 13.1. The minimum Gasteiger partial charge on any atom is -0.449 e. The summed E-state index contributed by atoms with van der Waals surface area (Å²) in [7, 11) is 0. The molecule has 0 aliphatic carbocycles. The zero-order chi connectivity index (χ0) is 20.7. The van der Waals surface area contributed by atoms with Crippen molar-refractivity contribution in [2.75, 3.05) is 5.32 Å². The van der Waals surface area contributed by atoms with Crippen molar-refractivity contribution in [2.45, 2.75) is 39.3 Å². The van der Waals surface area contributed by atoms with Crippen molar-refractivity contribution < 1.29 is 19.2 Å². The van der Waals surface area contributed by atoms with E-state index >= 15 is 0 Å². The number of nitro groups is 1. The lowest BCUT2D eigenvalue weighted by atomic mass is 10.2. The summed E-state index contributed by atoms with van der Waals surface area (Å²) in [5.74, 6) is -0.637. The monoisotopic (exact) mass is 386 g/mol. The van der Waals surface area contributed by atoms with Crippen LogP contribution in [0.3, 0.4) is 0 Å². The summed E-state index contributed by atoms with van der Waals surface area (Å²) in [4.78, 5) is 34.3. The molecule has 148 valence electrons. The second kappa shape index (κ2) is 9.45. The van der Waals surface area contributed by atoms with Gasteiger partial charge < -0.3 is 10.1 Å². The second-order valence-corrected chi connectivity index (χ2v) is 6.17. The van der Waals surface area contributed by atoms with Gasteiger partial charge in [0.25, 0.3) is 11.6 Å². The standard InChI is InChI=1S/C19H22N4O5/c1-4-13(2)22-17(11-12-20-22)21-19(25)14(3)28-18(24)10-7-15-5-8-16(9-6-15)23(26)27/h5-14H,4H2,1-3H3,(H,21,25)/b10-7+/t13-,14-/m0/s1. The number of hydrogen-bond acceptors (Lipinski definition) is 6. The molecule has 0 fully saturated rings. The van der Waals surface area contributed by atoms with E-state index < -0.39 is 22.9 Å². The van der Waals surface area contributed by atoms with Gasteiger partial charge in [0.2, 0.25) is 0 Å². The molecule has 0 aliphatic rings.